The van der Waals surface area contributed by atoms with Gasteiger partial charge in [-0.1, -0.05) is 11.6 Å². The number of alkyl carbamates (subject to hydrolysis) is 1. The van der Waals surface area contributed by atoms with Crippen LogP contribution in [0.4, 0.5) is 18.0 Å². The van der Waals surface area contributed by atoms with E-state index in [1.54, 1.807) is 38.3 Å². The van der Waals surface area contributed by atoms with Crippen molar-refractivity contribution in [3.63, 3.8) is 0 Å². The molecular weight excluding hydrogens is 445 g/mol. The minimum Gasteiger partial charge on any atom is -0.444 e. The number of halogens is 4. The van der Waals surface area contributed by atoms with Crippen LogP contribution in [0.1, 0.15) is 43.8 Å². The second-order valence-corrected chi connectivity index (χ2v) is 9.31. The molecule has 10 heteroatoms. The summed E-state index contributed by atoms with van der Waals surface area (Å²) in [6, 6.07) is 2.32. The average Bonchev–Trinajstić information content (AvgIpc) is 3.00. The zero-order chi connectivity index (χ0) is 23.4. The SMILES string of the molecule is Cc1cc(Cl)c2nc3n(c2n1)C[C@H](NC(=O)OC(C)(C)C)[C@@H](c1cc(F)c(F)cc1F)C3. The number of hydrogen-bond acceptors (Lipinski definition) is 4. The summed E-state index contributed by atoms with van der Waals surface area (Å²) < 4.78 is 49.4. The summed E-state index contributed by atoms with van der Waals surface area (Å²) in [6.45, 7) is 7.12. The van der Waals surface area contributed by atoms with Gasteiger partial charge >= 0.3 is 6.09 Å². The van der Waals surface area contributed by atoms with Crippen LogP contribution >= 0.6 is 11.6 Å². The largest absolute Gasteiger partial charge is 0.444 e. The van der Waals surface area contributed by atoms with Crippen LogP contribution in [-0.4, -0.2) is 32.3 Å². The number of aromatic nitrogens is 3. The predicted molar refractivity (Wildman–Crippen MR) is 113 cm³/mol. The molecule has 4 rings (SSSR count). The van der Waals surface area contributed by atoms with Crippen LogP contribution in [0.2, 0.25) is 5.02 Å². The highest BCUT2D eigenvalue weighted by atomic mass is 35.5. The van der Waals surface area contributed by atoms with Crippen molar-refractivity contribution in [3.05, 3.63) is 57.8 Å². The van der Waals surface area contributed by atoms with Gasteiger partial charge in [-0.2, -0.15) is 0 Å². The second kappa shape index (κ2) is 7.95. The Kier molecular flexibility index (Phi) is 5.56. The highest BCUT2D eigenvalue weighted by Crippen LogP contribution is 2.35. The number of nitrogens with one attached hydrogen (secondary N) is 1. The molecule has 170 valence electrons. The van der Waals surface area contributed by atoms with Crippen LogP contribution in [0, 0.1) is 24.4 Å². The number of amides is 1. The minimum atomic E-state index is -1.28. The number of aryl methyl sites for hydroxylation is 1. The maximum atomic E-state index is 14.7. The number of fused-ring (bicyclic) bond motifs is 3. The van der Waals surface area contributed by atoms with Crippen molar-refractivity contribution in [1.82, 2.24) is 19.9 Å². The molecule has 2 aromatic heterocycles. The molecule has 1 amide bonds. The first-order valence-corrected chi connectivity index (χ1v) is 10.5. The van der Waals surface area contributed by atoms with E-state index in [4.69, 9.17) is 16.3 Å². The summed E-state index contributed by atoms with van der Waals surface area (Å²) in [7, 11) is 0. The molecule has 0 unspecified atom stereocenters. The molecule has 0 bridgehead atoms. The summed E-state index contributed by atoms with van der Waals surface area (Å²) >= 11 is 6.34. The summed E-state index contributed by atoms with van der Waals surface area (Å²) in [5.41, 5.74) is 0.898. The van der Waals surface area contributed by atoms with Crippen molar-refractivity contribution in [2.24, 2.45) is 0 Å². The lowest BCUT2D eigenvalue weighted by Crippen LogP contribution is -2.47. The first-order chi connectivity index (χ1) is 14.9. The van der Waals surface area contributed by atoms with Crippen LogP contribution in [0.15, 0.2) is 18.2 Å². The van der Waals surface area contributed by atoms with Crippen molar-refractivity contribution < 1.29 is 22.7 Å². The van der Waals surface area contributed by atoms with E-state index in [-0.39, 0.29) is 18.5 Å². The Hall–Kier alpha value is -2.81. The molecule has 0 radical (unpaired) electrons. The number of hydrogen-bond donors (Lipinski definition) is 1. The van der Waals surface area contributed by atoms with Crippen LogP contribution in [-0.2, 0) is 17.7 Å². The van der Waals surface area contributed by atoms with Gasteiger partial charge < -0.3 is 14.6 Å². The summed E-state index contributed by atoms with van der Waals surface area (Å²) in [4.78, 5) is 21.6. The Balaban J connectivity index is 1.79. The zero-order valence-electron chi connectivity index (χ0n) is 18.0. The number of imidazole rings is 1. The molecule has 0 saturated heterocycles. The molecule has 3 heterocycles. The Morgan fingerprint density at radius 3 is 2.53 bits per heavy atom. The highest BCUT2D eigenvalue weighted by molar-refractivity contribution is 6.34. The van der Waals surface area contributed by atoms with Gasteiger partial charge in [-0.15, -0.1) is 0 Å². The minimum absolute atomic E-state index is 0.0569. The van der Waals surface area contributed by atoms with Crippen molar-refractivity contribution in [2.45, 2.75) is 58.2 Å². The average molecular weight is 467 g/mol. The van der Waals surface area contributed by atoms with Crippen LogP contribution in [0.5, 0.6) is 0 Å². The standard InChI is InChI=1S/C22H22ClF3N4O2/c1-10-5-13(23)19-20(27-10)30-9-17(28-21(31)32-22(2,3)4)12(7-18(30)29-19)11-6-15(25)16(26)8-14(11)24/h5-6,8,12,17H,7,9H2,1-4H3,(H,28,31)/t12-,17+/m1/s1. The van der Waals surface area contributed by atoms with Crippen LogP contribution in [0.3, 0.4) is 0 Å². The second-order valence-electron chi connectivity index (χ2n) is 8.91. The molecule has 6 nitrogen and oxygen atoms in total. The van der Waals surface area contributed by atoms with Gasteiger partial charge in [0.05, 0.1) is 11.1 Å². The first kappa shape index (κ1) is 22.4. The number of carbonyl (C=O) groups excluding carboxylic acids is 1. The molecular formula is C22H22ClF3N4O2. The molecule has 3 aromatic rings. The predicted octanol–water partition coefficient (Wildman–Crippen LogP) is 5.04. The Morgan fingerprint density at radius 1 is 1.16 bits per heavy atom. The molecule has 0 spiro atoms. The fraction of sp³-hybridized carbons (Fsp3) is 0.409. The van der Waals surface area contributed by atoms with Gasteiger partial charge in [0.15, 0.2) is 17.3 Å². The Morgan fingerprint density at radius 2 is 1.84 bits per heavy atom. The number of carbonyl (C=O) groups is 1. The van der Waals surface area contributed by atoms with Crippen molar-refractivity contribution in [1.29, 1.82) is 0 Å². The fourth-order valence-electron chi connectivity index (χ4n) is 3.98. The van der Waals surface area contributed by atoms with Gasteiger partial charge in [0.1, 0.15) is 22.8 Å². The number of pyridine rings is 1. The number of rotatable bonds is 2. The topological polar surface area (TPSA) is 69.0 Å². The van der Waals surface area contributed by atoms with Crippen molar-refractivity contribution in [3.8, 4) is 0 Å². The third-order valence-corrected chi connectivity index (χ3v) is 5.56. The molecule has 2 atom stereocenters. The van der Waals surface area contributed by atoms with E-state index in [9.17, 15) is 18.0 Å². The monoisotopic (exact) mass is 466 g/mol. The van der Waals surface area contributed by atoms with Crippen molar-refractivity contribution >= 4 is 28.9 Å². The maximum absolute atomic E-state index is 14.7. The normalized spacial score (nSPS) is 18.5. The first-order valence-electron chi connectivity index (χ1n) is 10.1. The molecule has 1 N–H and O–H groups in total. The number of ether oxygens (including phenoxy) is 1. The van der Waals surface area contributed by atoms with Gasteiger partial charge in [0.2, 0.25) is 0 Å². The number of benzene rings is 1. The van der Waals surface area contributed by atoms with Crippen molar-refractivity contribution in [2.75, 3.05) is 0 Å². The van der Waals surface area contributed by atoms with E-state index in [1.807, 2.05) is 0 Å². The molecule has 0 saturated carbocycles. The van der Waals surface area contributed by atoms with Crippen LogP contribution in [0.25, 0.3) is 11.2 Å². The third-order valence-electron chi connectivity index (χ3n) is 5.27. The summed E-state index contributed by atoms with van der Waals surface area (Å²) in [6.07, 6.45) is -0.556. The number of nitrogens with zero attached hydrogens (tertiary/aromatic N) is 3. The Bertz CT molecular complexity index is 1220. The molecule has 32 heavy (non-hydrogen) atoms. The van der Waals surface area contributed by atoms with Gasteiger partial charge in [-0.3, -0.25) is 0 Å². The molecule has 0 aliphatic carbocycles. The van der Waals surface area contributed by atoms with E-state index in [2.05, 4.69) is 15.3 Å². The van der Waals surface area contributed by atoms with E-state index in [0.717, 1.165) is 6.07 Å². The van der Waals surface area contributed by atoms with Gasteiger partial charge in [0, 0.05) is 30.6 Å². The van der Waals surface area contributed by atoms with E-state index in [0.29, 0.717) is 33.8 Å². The van der Waals surface area contributed by atoms with Gasteiger partial charge in [0.25, 0.3) is 0 Å². The summed E-state index contributed by atoms with van der Waals surface area (Å²) in [5.74, 6) is -3.52. The highest BCUT2D eigenvalue weighted by Gasteiger charge is 2.36. The summed E-state index contributed by atoms with van der Waals surface area (Å²) in [5, 5.41) is 3.17. The molecule has 1 aliphatic rings. The van der Waals surface area contributed by atoms with E-state index >= 15 is 0 Å². The fourth-order valence-corrected chi connectivity index (χ4v) is 4.26. The molecule has 1 aliphatic heterocycles. The Labute approximate surface area is 187 Å². The molecule has 1 aromatic carbocycles. The quantitative estimate of drug-likeness (QED) is 0.537. The van der Waals surface area contributed by atoms with Crippen LogP contribution < -0.4 is 5.32 Å². The lowest BCUT2D eigenvalue weighted by atomic mass is 9.85. The van der Waals surface area contributed by atoms with Gasteiger partial charge in [-0.25, -0.2) is 27.9 Å². The van der Waals surface area contributed by atoms with E-state index in [1.165, 1.54) is 0 Å². The van der Waals surface area contributed by atoms with E-state index < -0.39 is 41.1 Å². The van der Waals surface area contributed by atoms with Gasteiger partial charge in [-0.05, 0) is 45.4 Å². The lowest BCUT2D eigenvalue weighted by molar-refractivity contribution is 0.0485. The smallest absolute Gasteiger partial charge is 0.407 e. The third kappa shape index (κ3) is 4.26. The maximum Gasteiger partial charge on any atom is 0.407 e. The zero-order valence-corrected chi connectivity index (χ0v) is 18.7. The lowest BCUT2D eigenvalue weighted by Gasteiger charge is -2.34. The molecule has 0 fully saturated rings.